The van der Waals surface area contributed by atoms with Crippen molar-refractivity contribution in [1.29, 1.82) is 0 Å². The van der Waals surface area contributed by atoms with E-state index in [9.17, 15) is 9.59 Å². The summed E-state index contributed by atoms with van der Waals surface area (Å²) in [6.45, 7) is 2.55. The van der Waals surface area contributed by atoms with E-state index in [-0.39, 0.29) is 25.1 Å². The molecule has 2 unspecified atom stereocenters. The van der Waals surface area contributed by atoms with Gasteiger partial charge in [-0.3, -0.25) is 4.79 Å². The Morgan fingerprint density at radius 2 is 1.86 bits per heavy atom. The number of hydrogen-bond acceptors (Lipinski definition) is 5. The molecule has 0 spiro atoms. The van der Waals surface area contributed by atoms with Crippen LogP contribution in [0.1, 0.15) is 46.9 Å². The minimum atomic E-state index is -1.11. The summed E-state index contributed by atoms with van der Waals surface area (Å²) in [7, 11) is 1.88. The van der Waals surface area contributed by atoms with Crippen molar-refractivity contribution in [1.82, 2.24) is 16.0 Å². The molecule has 35 heavy (non-hydrogen) atoms. The molecule has 2 aromatic carbocycles. The molecule has 1 aliphatic rings. The largest absolute Gasteiger partial charge is 0.465 e. The number of hydrogen-bond donors (Lipinski definition) is 4. The van der Waals surface area contributed by atoms with Crippen LogP contribution in [0.25, 0.3) is 0 Å². The van der Waals surface area contributed by atoms with E-state index in [0.717, 1.165) is 43.6 Å². The Balaban J connectivity index is 1.74. The second kappa shape index (κ2) is 14.0. The molecule has 2 amide bonds. The number of amides is 2. The molecule has 8 nitrogen and oxygen atoms in total. The van der Waals surface area contributed by atoms with Gasteiger partial charge >= 0.3 is 6.09 Å². The van der Waals surface area contributed by atoms with E-state index in [1.54, 1.807) is 18.2 Å². The van der Waals surface area contributed by atoms with Crippen LogP contribution in [-0.4, -0.2) is 63.1 Å². The highest BCUT2D eigenvalue weighted by atomic mass is 35.5. The zero-order valence-electron chi connectivity index (χ0n) is 20.0. The van der Waals surface area contributed by atoms with Gasteiger partial charge in [0.2, 0.25) is 0 Å². The molecule has 0 saturated carbocycles. The number of carboxylic acid groups (broad SMARTS) is 1. The molecule has 2 aromatic rings. The van der Waals surface area contributed by atoms with Crippen LogP contribution in [0.3, 0.4) is 0 Å². The number of likely N-dealkylation sites (N-methyl/N-ethyl adjacent to an activating group) is 1. The fourth-order valence-electron chi connectivity index (χ4n) is 4.33. The molecule has 3 rings (SSSR count). The third-order valence-electron chi connectivity index (χ3n) is 6.01. The van der Waals surface area contributed by atoms with E-state index >= 15 is 0 Å². The highest BCUT2D eigenvalue weighted by Crippen LogP contribution is 2.28. The van der Waals surface area contributed by atoms with Crippen molar-refractivity contribution in [3.05, 3.63) is 70.2 Å². The van der Waals surface area contributed by atoms with Crippen LogP contribution in [0, 0.1) is 5.92 Å². The van der Waals surface area contributed by atoms with Gasteiger partial charge in [0.05, 0.1) is 6.61 Å². The van der Waals surface area contributed by atoms with Crippen LogP contribution in [-0.2, 0) is 9.47 Å². The van der Waals surface area contributed by atoms with Gasteiger partial charge in [0, 0.05) is 42.9 Å². The maximum absolute atomic E-state index is 13.2. The number of nitrogens with one attached hydrogen (secondary N) is 3. The Morgan fingerprint density at radius 1 is 1.14 bits per heavy atom. The first kappa shape index (κ1) is 26.9. The maximum Gasteiger partial charge on any atom is 0.404 e. The first-order valence-electron chi connectivity index (χ1n) is 11.9. The van der Waals surface area contributed by atoms with E-state index in [4.69, 9.17) is 26.2 Å². The lowest BCUT2D eigenvalue weighted by molar-refractivity contribution is 0.0598. The summed E-state index contributed by atoms with van der Waals surface area (Å²) in [6, 6.07) is 14.6. The van der Waals surface area contributed by atoms with Gasteiger partial charge in [-0.05, 0) is 67.6 Å². The van der Waals surface area contributed by atoms with E-state index in [2.05, 4.69) is 16.0 Å². The van der Waals surface area contributed by atoms with Gasteiger partial charge in [-0.15, -0.1) is 0 Å². The van der Waals surface area contributed by atoms with Gasteiger partial charge in [-0.2, -0.15) is 0 Å². The second-order valence-corrected chi connectivity index (χ2v) is 9.12. The zero-order chi connectivity index (χ0) is 25.0. The number of benzene rings is 2. The Labute approximate surface area is 211 Å². The summed E-state index contributed by atoms with van der Waals surface area (Å²) in [5.74, 6) is 0.394. The number of carbonyl (C=O) groups is 2. The van der Waals surface area contributed by atoms with E-state index in [1.807, 2.05) is 37.4 Å². The van der Waals surface area contributed by atoms with E-state index in [1.165, 1.54) is 0 Å². The second-order valence-electron chi connectivity index (χ2n) is 8.68. The molecular weight excluding hydrogens is 470 g/mol. The first-order valence-corrected chi connectivity index (χ1v) is 12.3. The lowest BCUT2D eigenvalue weighted by Crippen LogP contribution is -2.43. The molecule has 1 fully saturated rings. The van der Waals surface area contributed by atoms with Crippen LogP contribution in [0.5, 0.6) is 0 Å². The summed E-state index contributed by atoms with van der Waals surface area (Å²) < 4.78 is 11.5. The predicted molar refractivity (Wildman–Crippen MR) is 135 cm³/mol. The van der Waals surface area contributed by atoms with E-state index < -0.39 is 12.2 Å². The molecule has 1 saturated heterocycles. The SMILES string of the molecule is CNCC(CC1CCOCC1)NC(=O)c1cccc(C(OCCNC(=O)O)c2cccc(Cl)c2)c1. The standard InChI is InChI=1S/C26H34ClN3O5/c1-28-17-23(14-18-8-11-34-12-9-18)30-25(31)21-6-2-4-19(15-21)24(35-13-10-29-26(32)33)20-5-3-7-22(27)16-20/h2-7,15-16,18,23-24,28-29H,8-14,17H2,1H3,(H,30,31)(H,32,33). The lowest BCUT2D eigenvalue weighted by Gasteiger charge is -2.27. The summed E-state index contributed by atoms with van der Waals surface area (Å²) in [5.41, 5.74) is 2.14. The lowest BCUT2D eigenvalue weighted by atomic mass is 9.92. The van der Waals surface area contributed by atoms with Gasteiger partial charge in [0.25, 0.3) is 5.91 Å². The third-order valence-corrected chi connectivity index (χ3v) is 6.25. The highest BCUT2D eigenvalue weighted by Gasteiger charge is 2.22. The molecule has 190 valence electrons. The van der Waals surface area contributed by atoms with Crippen molar-refractivity contribution in [2.75, 3.05) is 40.0 Å². The zero-order valence-corrected chi connectivity index (χ0v) is 20.7. The molecule has 0 aliphatic carbocycles. The van der Waals surface area contributed by atoms with Crippen molar-refractivity contribution in [2.24, 2.45) is 5.92 Å². The Bertz CT molecular complexity index is 968. The molecular formula is C26H34ClN3O5. The molecule has 2 atom stereocenters. The number of halogens is 1. The molecule has 0 bridgehead atoms. The summed E-state index contributed by atoms with van der Waals surface area (Å²) in [5, 5.41) is 18.0. The van der Waals surface area contributed by atoms with Crippen LogP contribution in [0.4, 0.5) is 4.79 Å². The van der Waals surface area contributed by atoms with Gasteiger partial charge in [-0.1, -0.05) is 35.9 Å². The molecule has 4 N–H and O–H groups in total. The summed E-state index contributed by atoms with van der Waals surface area (Å²) in [6.07, 6.45) is 1.32. The Hall–Kier alpha value is -2.65. The predicted octanol–water partition coefficient (Wildman–Crippen LogP) is 3.85. The minimum Gasteiger partial charge on any atom is -0.465 e. The number of carbonyl (C=O) groups excluding carboxylic acids is 1. The van der Waals surface area contributed by atoms with Gasteiger partial charge in [-0.25, -0.2) is 4.79 Å². The number of ether oxygens (including phenoxy) is 2. The normalized spacial score (nSPS) is 15.8. The van der Waals surface area contributed by atoms with Crippen LogP contribution in [0.2, 0.25) is 5.02 Å². The van der Waals surface area contributed by atoms with Gasteiger partial charge < -0.3 is 30.5 Å². The van der Waals surface area contributed by atoms with Crippen molar-refractivity contribution in [3.8, 4) is 0 Å². The van der Waals surface area contributed by atoms with Crippen LogP contribution < -0.4 is 16.0 Å². The average molecular weight is 504 g/mol. The summed E-state index contributed by atoms with van der Waals surface area (Å²) in [4.78, 5) is 23.9. The fraction of sp³-hybridized carbons (Fsp3) is 0.462. The third kappa shape index (κ3) is 8.81. The Morgan fingerprint density at radius 3 is 2.54 bits per heavy atom. The molecule has 9 heteroatoms. The van der Waals surface area contributed by atoms with Gasteiger partial charge in [0.1, 0.15) is 6.10 Å². The van der Waals surface area contributed by atoms with Crippen molar-refractivity contribution in [2.45, 2.75) is 31.4 Å². The number of rotatable bonds is 12. The molecule has 0 radical (unpaired) electrons. The average Bonchev–Trinajstić information content (AvgIpc) is 2.84. The molecule has 1 heterocycles. The maximum atomic E-state index is 13.2. The first-order chi connectivity index (χ1) is 17.0. The smallest absolute Gasteiger partial charge is 0.404 e. The van der Waals surface area contributed by atoms with Gasteiger partial charge in [0.15, 0.2) is 0 Å². The topological polar surface area (TPSA) is 109 Å². The van der Waals surface area contributed by atoms with Crippen LogP contribution >= 0.6 is 11.6 Å². The van der Waals surface area contributed by atoms with Crippen molar-refractivity contribution in [3.63, 3.8) is 0 Å². The van der Waals surface area contributed by atoms with Crippen molar-refractivity contribution >= 4 is 23.6 Å². The monoisotopic (exact) mass is 503 g/mol. The summed E-state index contributed by atoms with van der Waals surface area (Å²) >= 11 is 6.20. The Kier molecular flexibility index (Phi) is 10.8. The van der Waals surface area contributed by atoms with Crippen LogP contribution in [0.15, 0.2) is 48.5 Å². The quantitative estimate of drug-likeness (QED) is 0.328. The highest BCUT2D eigenvalue weighted by molar-refractivity contribution is 6.30. The van der Waals surface area contributed by atoms with Crippen molar-refractivity contribution < 1.29 is 24.2 Å². The molecule has 1 aliphatic heterocycles. The minimum absolute atomic E-state index is 0.0151. The molecule has 0 aromatic heterocycles. The fourth-order valence-corrected chi connectivity index (χ4v) is 4.52. The van der Waals surface area contributed by atoms with E-state index in [0.29, 0.717) is 23.0 Å².